The van der Waals surface area contributed by atoms with Crippen LogP contribution in [0.4, 0.5) is 4.39 Å². The molecule has 120 valence electrons. The molecule has 2 rings (SSSR count). The molecule has 22 heavy (non-hydrogen) atoms. The lowest BCUT2D eigenvalue weighted by molar-refractivity contribution is 0.431. The first-order chi connectivity index (χ1) is 10.4. The highest BCUT2D eigenvalue weighted by atomic mass is 32.2. The summed E-state index contributed by atoms with van der Waals surface area (Å²) in [5, 5.41) is 7.73. The van der Waals surface area contributed by atoms with E-state index in [-0.39, 0.29) is 18.2 Å². The third kappa shape index (κ3) is 4.88. The van der Waals surface area contributed by atoms with Crippen LogP contribution in [0, 0.1) is 5.82 Å². The first-order valence-electron chi connectivity index (χ1n) is 6.90. The fraction of sp³-hybridized carbons (Fsp3) is 0.429. The molecule has 6 nitrogen and oxygen atoms in total. The van der Waals surface area contributed by atoms with E-state index in [0.717, 1.165) is 0 Å². The zero-order valence-corrected chi connectivity index (χ0v) is 13.2. The summed E-state index contributed by atoms with van der Waals surface area (Å²) < 4.78 is 44.5. The smallest absolute Gasteiger partial charge is 0.219 e. The van der Waals surface area contributed by atoms with Crippen molar-refractivity contribution in [1.82, 2.24) is 14.9 Å². The van der Waals surface area contributed by atoms with Crippen LogP contribution in [0.1, 0.15) is 37.1 Å². The van der Waals surface area contributed by atoms with Crippen molar-refractivity contribution < 1.29 is 17.2 Å². The summed E-state index contributed by atoms with van der Waals surface area (Å²) in [6.07, 6.45) is 0.322. The summed E-state index contributed by atoms with van der Waals surface area (Å²) in [7, 11) is -3.49. The Labute approximate surface area is 128 Å². The molecule has 1 aromatic carbocycles. The Kier molecular flexibility index (Phi) is 5.25. The van der Waals surface area contributed by atoms with Gasteiger partial charge in [-0.15, -0.1) is 10.2 Å². The van der Waals surface area contributed by atoms with Crippen LogP contribution in [-0.2, 0) is 22.2 Å². The Balaban J connectivity index is 1.85. The maximum absolute atomic E-state index is 12.8. The van der Waals surface area contributed by atoms with Crippen LogP contribution in [0.3, 0.4) is 0 Å². The predicted octanol–water partition coefficient (Wildman–Crippen LogP) is 1.99. The van der Waals surface area contributed by atoms with Crippen LogP contribution in [-0.4, -0.2) is 25.2 Å². The van der Waals surface area contributed by atoms with Gasteiger partial charge >= 0.3 is 0 Å². The molecule has 1 N–H and O–H groups in total. The van der Waals surface area contributed by atoms with Crippen molar-refractivity contribution >= 4 is 10.0 Å². The Morgan fingerprint density at radius 2 is 1.91 bits per heavy atom. The number of sulfonamides is 1. The highest BCUT2D eigenvalue weighted by molar-refractivity contribution is 7.88. The van der Waals surface area contributed by atoms with Crippen LogP contribution in [0.2, 0.25) is 0 Å². The number of nitrogens with zero attached hydrogens (tertiary/aromatic N) is 2. The van der Waals surface area contributed by atoms with Gasteiger partial charge in [0.2, 0.25) is 21.8 Å². The van der Waals surface area contributed by atoms with Gasteiger partial charge in [-0.05, 0) is 17.7 Å². The monoisotopic (exact) mass is 327 g/mol. The number of nitrogens with one attached hydrogen (secondary N) is 1. The molecule has 0 fully saturated rings. The van der Waals surface area contributed by atoms with E-state index < -0.39 is 15.8 Å². The third-order valence-electron chi connectivity index (χ3n) is 2.91. The Bertz CT molecular complexity index is 711. The van der Waals surface area contributed by atoms with Crippen LogP contribution >= 0.6 is 0 Å². The first kappa shape index (κ1) is 16.6. The van der Waals surface area contributed by atoms with Gasteiger partial charge in [-0.2, -0.15) is 0 Å². The fourth-order valence-corrected chi connectivity index (χ4v) is 2.91. The number of hydrogen-bond acceptors (Lipinski definition) is 5. The zero-order valence-electron chi connectivity index (χ0n) is 12.4. The lowest BCUT2D eigenvalue weighted by Crippen LogP contribution is -2.27. The van der Waals surface area contributed by atoms with Gasteiger partial charge in [0.1, 0.15) is 5.82 Å². The molecule has 0 aliphatic heterocycles. The van der Waals surface area contributed by atoms with Gasteiger partial charge in [0.15, 0.2) is 0 Å². The molecule has 0 bridgehead atoms. The van der Waals surface area contributed by atoms with E-state index >= 15 is 0 Å². The Morgan fingerprint density at radius 3 is 2.50 bits per heavy atom. The first-order valence-corrected chi connectivity index (χ1v) is 8.55. The van der Waals surface area contributed by atoms with E-state index in [0.29, 0.717) is 23.8 Å². The van der Waals surface area contributed by atoms with E-state index in [4.69, 9.17) is 4.42 Å². The molecular formula is C14H18FN3O3S. The van der Waals surface area contributed by atoms with Crippen molar-refractivity contribution in [3.8, 4) is 0 Å². The molecule has 0 radical (unpaired) electrons. The molecule has 1 aromatic heterocycles. The minimum absolute atomic E-state index is 0.136. The largest absolute Gasteiger partial charge is 0.425 e. The molecule has 0 atom stereocenters. The number of aromatic nitrogens is 2. The van der Waals surface area contributed by atoms with Crippen molar-refractivity contribution in [2.45, 2.75) is 31.9 Å². The maximum Gasteiger partial charge on any atom is 0.219 e. The number of rotatable bonds is 7. The predicted molar refractivity (Wildman–Crippen MR) is 79.1 cm³/mol. The van der Waals surface area contributed by atoms with Crippen molar-refractivity contribution in [3.63, 3.8) is 0 Å². The van der Waals surface area contributed by atoms with E-state index in [2.05, 4.69) is 14.9 Å². The SMILES string of the molecule is CC(C)c1nnc(CCNS(=O)(=O)Cc2ccc(F)cc2)o1. The average Bonchev–Trinajstić information content (AvgIpc) is 2.90. The summed E-state index contributed by atoms with van der Waals surface area (Å²) >= 11 is 0. The second-order valence-electron chi connectivity index (χ2n) is 5.22. The topological polar surface area (TPSA) is 85.1 Å². The molecule has 2 aromatic rings. The van der Waals surface area contributed by atoms with Gasteiger partial charge in [-0.1, -0.05) is 26.0 Å². The Hall–Kier alpha value is -1.80. The molecule has 0 aliphatic carbocycles. The van der Waals surface area contributed by atoms with E-state index in [1.54, 1.807) is 0 Å². The maximum atomic E-state index is 12.8. The van der Waals surface area contributed by atoms with Gasteiger partial charge < -0.3 is 4.42 Å². The minimum atomic E-state index is -3.49. The number of halogens is 1. The summed E-state index contributed by atoms with van der Waals surface area (Å²) in [5.74, 6) is 0.467. The lowest BCUT2D eigenvalue weighted by Gasteiger charge is -2.05. The van der Waals surface area contributed by atoms with Crippen molar-refractivity contribution in [2.24, 2.45) is 0 Å². The van der Waals surface area contributed by atoms with Crippen LogP contribution < -0.4 is 4.72 Å². The van der Waals surface area contributed by atoms with Gasteiger partial charge in [0, 0.05) is 18.9 Å². The lowest BCUT2D eigenvalue weighted by atomic mass is 10.2. The normalized spacial score (nSPS) is 12.0. The van der Waals surface area contributed by atoms with Crippen molar-refractivity contribution in [1.29, 1.82) is 0 Å². The van der Waals surface area contributed by atoms with Crippen molar-refractivity contribution in [2.75, 3.05) is 6.54 Å². The molecule has 0 amide bonds. The second kappa shape index (κ2) is 6.97. The summed E-state index contributed by atoms with van der Waals surface area (Å²) in [6, 6.07) is 5.36. The molecule has 0 spiro atoms. The highest BCUT2D eigenvalue weighted by Gasteiger charge is 2.13. The number of hydrogen-bond donors (Lipinski definition) is 1. The fourth-order valence-electron chi connectivity index (χ4n) is 1.77. The highest BCUT2D eigenvalue weighted by Crippen LogP contribution is 2.12. The molecule has 1 heterocycles. The zero-order chi connectivity index (χ0) is 16.2. The van der Waals surface area contributed by atoms with Gasteiger partial charge in [0.25, 0.3) is 0 Å². The minimum Gasteiger partial charge on any atom is -0.425 e. The van der Waals surface area contributed by atoms with Crippen LogP contribution in [0.15, 0.2) is 28.7 Å². The molecule has 0 saturated carbocycles. The van der Waals surface area contributed by atoms with E-state index in [1.807, 2.05) is 13.8 Å². The summed E-state index contributed by atoms with van der Waals surface area (Å²) in [5.41, 5.74) is 0.522. The van der Waals surface area contributed by atoms with Gasteiger partial charge in [-0.3, -0.25) is 0 Å². The quantitative estimate of drug-likeness (QED) is 0.840. The van der Waals surface area contributed by atoms with Gasteiger partial charge in [-0.25, -0.2) is 17.5 Å². The van der Waals surface area contributed by atoms with Crippen LogP contribution in [0.5, 0.6) is 0 Å². The average molecular weight is 327 g/mol. The second-order valence-corrected chi connectivity index (χ2v) is 7.03. The van der Waals surface area contributed by atoms with E-state index in [1.165, 1.54) is 24.3 Å². The molecule has 0 unspecified atom stereocenters. The van der Waals surface area contributed by atoms with Gasteiger partial charge in [0.05, 0.1) is 5.75 Å². The molecular weight excluding hydrogens is 309 g/mol. The standard InChI is InChI=1S/C14H18FN3O3S/c1-10(2)14-18-17-13(21-14)7-8-16-22(19,20)9-11-3-5-12(15)6-4-11/h3-6,10,16H,7-9H2,1-2H3. The van der Waals surface area contributed by atoms with Crippen molar-refractivity contribution in [3.05, 3.63) is 47.4 Å². The Morgan fingerprint density at radius 1 is 1.23 bits per heavy atom. The molecule has 0 aliphatic rings. The van der Waals surface area contributed by atoms with Crippen LogP contribution in [0.25, 0.3) is 0 Å². The van der Waals surface area contributed by atoms with E-state index in [9.17, 15) is 12.8 Å². The molecule has 8 heteroatoms. The summed E-state index contributed by atoms with van der Waals surface area (Å²) in [4.78, 5) is 0. The third-order valence-corrected chi connectivity index (χ3v) is 4.26. The number of benzene rings is 1. The summed E-state index contributed by atoms with van der Waals surface area (Å²) in [6.45, 7) is 4.04. The molecule has 0 saturated heterocycles.